The number of benzene rings is 1. The molecule has 2 rings (SSSR count). The number of rotatable bonds is 4. The van der Waals surface area contributed by atoms with Crippen LogP contribution in [-0.4, -0.2) is 6.54 Å². The first-order chi connectivity index (χ1) is 8.69. The second-order valence-electron chi connectivity index (χ2n) is 5.33. The van der Waals surface area contributed by atoms with Crippen molar-refractivity contribution in [2.45, 2.75) is 39.0 Å². The zero-order valence-electron chi connectivity index (χ0n) is 11.0. The molecule has 0 aromatic heterocycles. The highest BCUT2D eigenvalue weighted by Crippen LogP contribution is 2.41. The van der Waals surface area contributed by atoms with E-state index in [4.69, 9.17) is 11.0 Å². The van der Waals surface area contributed by atoms with Gasteiger partial charge in [0.15, 0.2) is 0 Å². The molecule has 0 saturated heterocycles. The van der Waals surface area contributed by atoms with E-state index in [2.05, 4.69) is 18.3 Å². The number of nitrogens with one attached hydrogen (secondary N) is 1. The highest BCUT2D eigenvalue weighted by molar-refractivity contribution is 5.62. The Hall–Kier alpha value is -1.69. The molecule has 0 aliphatic heterocycles. The molecule has 1 fully saturated rings. The van der Waals surface area contributed by atoms with Gasteiger partial charge in [0.05, 0.1) is 11.3 Å². The summed E-state index contributed by atoms with van der Waals surface area (Å²) >= 11 is 0. The van der Waals surface area contributed by atoms with Crippen LogP contribution in [0.15, 0.2) is 18.2 Å². The minimum absolute atomic E-state index is 0.461. The first kappa shape index (κ1) is 12.8. The minimum Gasteiger partial charge on any atom is -0.398 e. The topological polar surface area (TPSA) is 61.8 Å². The third-order valence-corrected chi connectivity index (χ3v) is 4.25. The van der Waals surface area contributed by atoms with Crippen molar-refractivity contribution in [2.24, 2.45) is 5.41 Å². The molecule has 3 nitrogen and oxygen atoms in total. The predicted molar refractivity (Wildman–Crippen MR) is 75.3 cm³/mol. The second kappa shape index (κ2) is 5.30. The molecule has 0 heterocycles. The van der Waals surface area contributed by atoms with Crippen molar-refractivity contribution in [3.8, 4) is 6.07 Å². The van der Waals surface area contributed by atoms with Gasteiger partial charge in [-0.05, 0) is 42.9 Å². The summed E-state index contributed by atoms with van der Waals surface area (Å²) in [6, 6.07) is 7.66. The average Bonchev–Trinajstić information content (AvgIpc) is 2.86. The molecule has 0 atom stereocenters. The van der Waals surface area contributed by atoms with Gasteiger partial charge in [-0.25, -0.2) is 0 Å². The number of nitrogen functional groups attached to an aromatic ring is 1. The Kier molecular flexibility index (Phi) is 3.76. The molecular formula is C15H21N3. The third kappa shape index (κ3) is 2.59. The molecule has 0 amide bonds. The standard InChI is InChI=1S/C15H21N3/c1-2-15(7-3-4-8-15)11-18-13-6-5-12(10-16)14(17)9-13/h5-6,9,18H,2-4,7-8,11,17H2,1H3. The van der Waals surface area contributed by atoms with Gasteiger partial charge in [0, 0.05) is 12.2 Å². The number of hydrogen-bond donors (Lipinski definition) is 2. The molecule has 1 aromatic carbocycles. The van der Waals surface area contributed by atoms with Gasteiger partial charge in [-0.1, -0.05) is 19.8 Å². The quantitative estimate of drug-likeness (QED) is 0.795. The Labute approximate surface area is 109 Å². The summed E-state index contributed by atoms with van der Waals surface area (Å²) in [6.45, 7) is 3.29. The molecule has 0 spiro atoms. The number of nitrogens with zero attached hydrogens (tertiary/aromatic N) is 1. The van der Waals surface area contributed by atoms with Crippen molar-refractivity contribution in [3.05, 3.63) is 23.8 Å². The lowest BCUT2D eigenvalue weighted by atomic mass is 9.83. The third-order valence-electron chi connectivity index (χ3n) is 4.25. The Morgan fingerprint density at radius 3 is 2.67 bits per heavy atom. The van der Waals surface area contributed by atoms with Gasteiger partial charge in [0.25, 0.3) is 0 Å². The molecule has 0 bridgehead atoms. The smallest absolute Gasteiger partial charge is 0.101 e. The van der Waals surface area contributed by atoms with Crippen LogP contribution < -0.4 is 11.1 Å². The zero-order chi connectivity index (χ0) is 13.0. The maximum absolute atomic E-state index is 8.84. The number of hydrogen-bond acceptors (Lipinski definition) is 3. The van der Waals surface area contributed by atoms with Gasteiger partial charge in [-0.3, -0.25) is 0 Å². The molecule has 3 heteroatoms. The summed E-state index contributed by atoms with van der Waals surface area (Å²) in [6.07, 6.45) is 6.58. The lowest BCUT2D eigenvalue weighted by molar-refractivity contribution is 0.307. The monoisotopic (exact) mass is 243 g/mol. The SMILES string of the molecule is CCC1(CNc2ccc(C#N)c(N)c2)CCCC1. The van der Waals surface area contributed by atoms with Crippen molar-refractivity contribution >= 4 is 11.4 Å². The van der Waals surface area contributed by atoms with E-state index < -0.39 is 0 Å². The van der Waals surface area contributed by atoms with E-state index in [0.29, 0.717) is 16.7 Å². The van der Waals surface area contributed by atoms with Gasteiger partial charge in [0.2, 0.25) is 0 Å². The first-order valence-corrected chi connectivity index (χ1v) is 6.73. The summed E-state index contributed by atoms with van der Waals surface area (Å²) in [5.74, 6) is 0. The van der Waals surface area contributed by atoms with E-state index in [1.165, 1.54) is 32.1 Å². The van der Waals surface area contributed by atoms with Crippen LogP contribution in [0, 0.1) is 16.7 Å². The van der Waals surface area contributed by atoms with E-state index in [0.717, 1.165) is 12.2 Å². The Morgan fingerprint density at radius 2 is 2.11 bits per heavy atom. The van der Waals surface area contributed by atoms with Gasteiger partial charge in [0.1, 0.15) is 6.07 Å². The summed E-state index contributed by atoms with van der Waals surface area (Å²) in [5.41, 5.74) is 8.40. The average molecular weight is 243 g/mol. The fourth-order valence-corrected chi connectivity index (χ4v) is 2.84. The summed E-state index contributed by atoms with van der Waals surface area (Å²) in [4.78, 5) is 0. The van der Waals surface area contributed by atoms with Crippen LogP contribution in [0.25, 0.3) is 0 Å². The number of nitriles is 1. The van der Waals surface area contributed by atoms with Crippen molar-refractivity contribution in [1.29, 1.82) is 5.26 Å². The van der Waals surface area contributed by atoms with Gasteiger partial charge in [-0.15, -0.1) is 0 Å². The van der Waals surface area contributed by atoms with E-state index in [-0.39, 0.29) is 0 Å². The summed E-state index contributed by atoms with van der Waals surface area (Å²) < 4.78 is 0. The van der Waals surface area contributed by atoms with Crippen molar-refractivity contribution < 1.29 is 0 Å². The Bertz CT molecular complexity index is 453. The van der Waals surface area contributed by atoms with E-state index in [9.17, 15) is 0 Å². The first-order valence-electron chi connectivity index (χ1n) is 6.73. The van der Waals surface area contributed by atoms with E-state index in [1.54, 1.807) is 6.07 Å². The van der Waals surface area contributed by atoms with Crippen LogP contribution in [0.4, 0.5) is 11.4 Å². The Morgan fingerprint density at radius 1 is 1.39 bits per heavy atom. The Balaban J connectivity index is 2.02. The van der Waals surface area contributed by atoms with Gasteiger partial charge < -0.3 is 11.1 Å². The molecular weight excluding hydrogens is 222 g/mol. The maximum atomic E-state index is 8.84. The number of anilines is 2. The van der Waals surface area contributed by atoms with E-state index >= 15 is 0 Å². The largest absolute Gasteiger partial charge is 0.398 e. The summed E-state index contributed by atoms with van der Waals surface area (Å²) in [5, 5.41) is 12.3. The highest BCUT2D eigenvalue weighted by atomic mass is 14.9. The van der Waals surface area contributed by atoms with Crippen molar-refractivity contribution in [2.75, 3.05) is 17.6 Å². The van der Waals surface area contributed by atoms with Crippen LogP contribution in [0.1, 0.15) is 44.6 Å². The lowest BCUT2D eigenvalue weighted by Crippen LogP contribution is -2.25. The fraction of sp³-hybridized carbons (Fsp3) is 0.533. The molecule has 3 N–H and O–H groups in total. The highest BCUT2D eigenvalue weighted by Gasteiger charge is 2.31. The fourth-order valence-electron chi connectivity index (χ4n) is 2.84. The molecule has 18 heavy (non-hydrogen) atoms. The van der Waals surface area contributed by atoms with Crippen molar-refractivity contribution in [3.63, 3.8) is 0 Å². The van der Waals surface area contributed by atoms with E-state index in [1.807, 2.05) is 12.1 Å². The van der Waals surface area contributed by atoms with Crippen LogP contribution in [-0.2, 0) is 0 Å². The zero-order valence-corrected chi connectivity index (χ0v) is 11.0. The van der Waals surface area contributed by atoms with Crippen LogP contribution in [0.5, 0.6) is 0 Å². The second-order valence-corrected chi connectivity index (χ2v) is 5.33. The molecule has 0 radical (unpaired) electrons. The van der Waals surface area contributed by atoms with Gasteiger partial charge in [-0.2, -0.15) is 5.26 Å². The minimum atomic E-state index is 0.461. The summed E-state index contributed by atoms with van der Waals surface area (Å²) in [7, 11) is 0. The number of nitrogens with two attached hydrogens (primary N) is 1. The molecule has 1 aliphatic rings. The molecule has 1 aromatic rings. The lowest BCUT2D eigenvalue weighted by Gasteiger charge is -2.28. The van der Waals surface area contributed by atoms with Gasteiger partial charge >= 0.3 is 0 Å². The normalized spacial score (nSPS) is 17.3. The maximum Gasteiger partial charge on any atom is 0.101 e. The molecule has 1 saturated carbocycles. The molecule has 0 unspecified atom stereocenters. The van der Waals surface area contributed by atoms with Crippen LogP contribution in [0.2, 0.25) is 0 Å². The molecule has 1 aliphatic carbocycles. The van der Waals surface area contributed by atoms with Crippen LogP contribution >= 0.6 is 0 Å². The van der Waals surface area contributed by atoms with Crippen LogP contribution in [0.3, 0.4) is 0 Å². The molecule has 96 valence electrons. The predicted octanol–water partition coefficient (Wildman–Crippen LogP) is 3.52. The van der Waals surface area contributed by atoms with Crippen molar-refractivity contribution in [1.82, 2.24) is 0 Å².